The summed E-state index contributed by atoms with van der Waals surface area (Å²) in [5.41, 5.74) is 0.355. The van der Waals surface area contributed by atoms with E-state index in [1.807, 2.05) is 0 Å². The highest BCUT2D eigenvalue weighted by Gasteiger charge is 2.14. The Kier molecular flexibility index (Phi) is 2.51. The van der Waals surface area contributed by atoms with E-state index in [1.54, 1.807) is 0 Å². The number of benzene rings is 1. The summed E-state index contributed by atoms with van der Waals surface area (Å²) in [5.74, 6) is -1.85. The maximum Gasteiger partial charge on any atom is 0.338 e. The molecule has 3 nitrogen and oxygen atoms in total. The summed E-state index contributed by atoms with van der Waals surface area (Å²) in [4.78, 5) is 11.0. The molecule has 4 heteroatoms. The molecule has 0 unspecified atom stereocenters. The quantitative estimate of drug-likeness (QED) is 0.674. The molecule has 0 spiro atoms. The molecule has 70 valence electrons. The summed E-state index contributed by atoms with van der Waals surface area (Å²) in [7, 11) is 1.22. The van der Waals surface area contributed by atoms with Gasteiger partial charge in [0.05, 0.1) is 12.7 Å². The van der Waals surface area contributed by atoms with E-state index >= 15 is 0 Å². The molecule has 13 heavy (non-hydrogen) atoms. The number of halogens is 1. The van der Waals surface area contributed by atoms with E-state index in [1.165, 1.54) is 20.1 Å². The van der Waals surface area contributed by atoms with Crippen molar-refractivity contribution in [1.29, 1.82) is 0 Å². The van der Waals surface area contributed by atoms with Crippen LogP contribution in [-0.2, 0) is 4.74 Å². The second-order valence-electron chi connectivity index (χ2n) is 2.56. The van der Waals surface area contributed by atoms with Crippen molar-refractivity contribution in [3.8, 4) is 5.75 Å². The molecule has 1 aromatic carbocycles. The Hall–Kier alpha value is -1.58. The van der Waals surface area contributed by atoms with Crippen molar-refractivity contribution in [1.82, 2.24) is 0 Å². The Morgan fingerprint density at radius 3 is 2.69 bits per heavy atom. The Labute approximate surface area is 74.8 Å². The zero-order valence-electron chi connectivity index (χ0n) is 7.30. The van der Waals surface area contributed by atoms with Crippen LogP contribution in [-0.4, -0.2) is 18.2 Å². The van der Waals surface area contributed by atoms with Gasteiger partial charge in [-0.15, -0.1) is 0 Å². The van der Waals surface area contributed by atoms with Crippen LogP contribution in [0.5, 0.6) is 5.75 Å². The first-order valence-electron chi connectivity index (χ1n) is 3.64. The zero-order valence-corrected chi connectivity index (χ0v) is 7.30. The largest absolute Gasteiger partial charge is 0.505 e. The number of phenolic OH excluding ortho intramolecular Hbond substituents is 1. The van der Waals surface area contributed by atoms with Gasteiger partial charge in [0.1, 0.15) is 0 Å². The third-order valence-electron chi connectivity index (χ3n) is 1.79. The van der Waals surface area contributed by atoms with Gasteiger partial charge in [0, 0.05) is 5.56 Å². The average Bonchev–Trinajstić information content (AvgIpc) is 2.13. The number of hydrogen-bond acceptors (Lipinski definition) is 3. The topological polar surface area (TPSA) is 46.5 Å². The van der Waals surface area contributed by atoms with Crippen molar-refractivity contribution in [2.45, 2.75) is 6.92 Å². The van der Waals surface area contributed by atoms with E-state index in [0.29, 0.717) is 0 Å². The number of hydrogen-bond donors (Lipinski definition) is 1. The number of methoxy groups -OCH3 is 1. The van der Waals surface area contributed by atoms with Crippen molar-refractivity contribution < 1.29 is 19.0 Å². The second-order valence-corrected chi connectivity index (χ2v) is 2.56. The lowest BCUT2D eigenvalue weighted by molar-refractivity contribution is 0.0599. The Morgan fingerprint density at radius 2 is 2.15 bits per heavy atom. The van der Waals surface area contributed by atoms with Crippen molar-refractivity contribution in [2.75, 3.05) is 7.11 Å². The smallest absolute Gasteiger partial charge is 0.338 e. The van der Waals surface area contributed by atoms with E-state index < -0.39 is 17.5 Å². The predicted octanol–water partition coefficient (Wildman–Crippen LogP) is 1.63. The van der Waals surface area contributed by atoms with Gasteiger partial charge in [0.15, 0.2) is 11.6 Å². The summed E-state index contributed by atoms with van der Waals surface area (Å²) < 4.78 is 17.2. The molecule has 0 saturated heterocycles. The fourth-order valence-electron chi connectivity index (χ4n) is 0.998. The standard InChI is InChI=1S/C9H9FO3/c1-5-6(9(12)13-2)3-4-7(10)8(5)11/h3-4,11H,1-2H3. The molecule has 0 aromatic heterocycles. The van der Waals surface area contributed by atoms with Crippen LogP contribution < -0.4 is 0 Å². The first-order chi connectivity index (χ1) is 6.07. The van der Waals surface area contributed by atoms with Gasteiger partial charge >= 0.3 is 5.97 Å². The zero-order chi connectivity index (χ0) is 10.0. The van der Waals surface area contributed by atoms with Crippen molar-refractivity contribution in [3.63, 3.8) is 0 Å². The molecule has 0 atom stereocenters. The van der Waals surface area contributed by atoms with Crippen LogP contribution in [0.1, 0.15) is 15.9 Å². The maximum absolute atomic E-state index is 12.7. The van der Waals surface area contributed by atoms with Gasteiger partial charge in [0.2, 0.25) is 0 Å². The molecule has 1 rings (SSSR count). The van der Waals surface area contributed by atoms with Crippen LogP contribution in [0.2, 0.25) is 0 Å². The van der Waals surface area contributed by atoms with Crippen LogP contribution in [0.15, 0.2) is 12.1 Å². The lowest BCUT2D eigenvalue weighted by Gasteiger charge is -2.05. The number of phenols is 1. The number of aromatic hydroxyl groups is 1. The molecular formula is C9H9FO3. The Bertz CT molecular complexity index is 347. The van der Waals surface area contributed by atoms with Gasteiger partial charge in [-0.3, -0.25) is 0 Å². The lowest BCUT2D eigenvalue weighted by atomic mass is 10.1. The SMILES string of the molecule is COC(=O)c1ccc(F)c(O)c1C. The van der Waals surface area contributed by atoms with Crippen molar-refractivity contribution in [2.24, 2.45) is 0 Å². The third-order valence-corrected chi connectivity index (χ3v) is 1.79. The summed E-state index contributed by atoms with van der Waals surface area (Å²) in [6.07, 6.45) is 0. The Balaban J connectivity index is 3.26. The monoisotopic (exact) mass is 184 g/mol. The molecule has 0 bridgehead atoms. The van der Waals surface area contributed by atoms with Crippen molar-refractivity contribution in [3.05, 3.63) is 29.1 Å². The van der Waals surface area contributed by atoms with Gasteiger partial charge in [-0.05, 0) is 19.1 Å². The highest BCUT2D eigenvalue weighted by atomic mass is 19.1. The molecule has 0 fully saturated rings. The molecule has 0 saturated carbocycles. The first kappa shape index (κ1) is 9.51. The molecule has 1 aromatic rings. The van der Waals surface area contributed by atoms with Crippen LogP contribution >= 0.6 is 0 Å². The summed E-state index contributed by atoms with van der Waals surface area (Å²) in [6.45, 7) is 1.45. The van der Waals surface area contributed by atoms with Crippen LogP contribution in [0.25, 0.3) is 0 Å². The van der Waals surface area contributed by atoms with E-state index in [9.17, 15) is 9.18 Å². The molecule has 0 aliphatic heterocycles. The van der Waals surface area contributed by atoms with E-state index in [4.69, 9.17) is 5.11 Å². The number of carbonyl (C=O) groups excluding carboxylic acids is 1. The lowest BCUT2D eigenvalue weighted by Crippen LogP contribution is -2.04. The highest BCUT2D eigenvalue weighted by molar-refractivity contribution is 5.91. The van der Waals surface area contributed by atoms with Crippen LogP contribution in [0.4, 0.5) is 4.39 Å². The van der Waals surface area contributed by atoms with E-state index in [2.05, 4.69) is 4.74 Å². The fourth-order valence-corrected chi connectivity index (χ4v) is 0.998. The molecular weight excluding hydrogens is 175 g/mol. The highest BCUT2D eigenvalue weighted by Crippen LogP contribution is 2.23. The predicted molar refractivity (Wildman–Crippen MR) is 44.1 cm³/mol. The van der Waals surface area contributed by atoms with E-state index in [-0.39, 0.29) is 11.1 Å². The number of carbonyl (C=O) groups is 1. The van der Waals surface area contributed by atoms with Gasteiger partial charge < -0.3 is 9.84 Å². The molecule has 1 N–H and O–H groups in total. The van der Waals surface area contributed by atoms with Crippen LogP contribution in [0, 0.1) is 12.7 Å². The number of esters is 1. The average molecular weight is 184 g/mol. The molecule has 0 heterocycles. The van der Waals surface area contributed by atoms with E-state index in [0.717, 1.165) is 6.07 Å². The normalized spacial score (nSPS) is 9.77. The minimum absolute atomic E-state index is 0.168. The van der Waals surface area contributed by atoms with Gasteiger partial charge in [-0.1, -0.05) is 0 Å². The second kappa shape index (κ2) is 3.43. The Morgan fingerprint density at radius 1 is 1.54 bits per heavy atom. The molecule has 0 aliphatic rings. The number of rotatable bonds is 1. The summed E-state index contributed by atoms with van der Waals surface area (Å²) in [6, 6.07) is 2.30. The number of ether oxygens (including phenoxy) is 1. The molecule has 0 aliphatic carbocycles. The van der Waals surface area contributed by atoms with Gasteiger partial charge in [-0.25, -0.2) is 9.18 Å². The molecule has 0 amide bonds. The van der Waals surface area contributed by atoms with Gasteiger partial charge in [0.25, 0.3) is 0 Å². The maximum atomic E-state index is 12.7. The first-order valence-corrected chi connectivity index (χ1v) is 3.64. The summed E-state index contributed by atoms with van der Waals surface area (Å²) >= 11 is 0. The minimum Gasteiger partial charge on any atom is -0.505 e. The fraction of sp³-hybridized carbons (Fsp3) is 0.222. The third kappa shape index (κ3) is 1.61. The van der Waals surface area contributed by atoms with Gasteiger partial charge in [-0.2, -0.15) is 0 Å². The molecule has 0 radical (unpaired) electrons. The van der Waals surface area contributed by atoms with Crippen molar-refractivity contribution >= 4 is 5.97 Å². The van der Waals surface area contributed by atoms with Crippen LogP contribution in [0.3, 0.4) is 0 Å². The summed E-state index contributed by atoms with van der Waals surface area (Å²) in [5, 5.41) is 9.15. The minimum atomic E-state index is -0.745.